The van der Waals surface area contributed by atoms with Gasteiger partial charge in [-0.2, -0.15) is 0 Å². The molecule has 1 amide bonds. The summed E-state index contributed by atoms with van der Waals surface area (Å²) in [5.41, 5.74) is 0.343. The molecule has 6 nitrogen and oxygen atoms in total. The first-order valence-corrected chi connectivity index (χ1v) is 7.39. The monoisotopic (exact) mass is 316 g/mol. The summed E-state index contributed by atoms with van der Waals surface area (Å²) in [6.07, 6.45) is 4.46. The highest BCUT2D eigenvalue weighted by atomic mass is 19.1. The van der Waals surface area contributed by atoms with Crippen molar-refractivity contribution in [2.45, 2.75) is 6.04 Å². The second-order valence-electron chi connectivity index (χ2n) is 5.15. The van der Waals surface area contributed by atoms with Crippen LogP contribution < -0.4 is 5.32 Å². The summed E-state index contributed by atoms with van der Waals surface area (Å²) in [5, 5.41) is 2.70. The van der Waals surface area contributed by atoms with Crippen LogP contribution in [0.5, 0.6) is 0 Å². The van der Waals surface area contributed by atoms with Gasteiger partial charge in [0.25, 0.3) is 0 Å². The van der Waals surface area contributed by atoms with E-state index in [9.17, 15) is 9.18 Å². The van der Waals surface area contributed by atoms with E-state index in [1.54, 1.807) is 18.2 Å². The van der Waals surface area contributed by atoms with Crippen molar-refractivity contribution in [1.29, 1.82) is 0 Å². The van der Waals surface area contributed by atoms with Crippen molar-refractivity contribution in [2.75, 3.05) is 31.6 Å². The molecule has 2 aromatic rings. The maximum absolute atomic E-state index is 14.2. The van der Waals surface area contributed by atoms with Gasteiger partial charge in [0.1, 0.15) is 11.9 Å². The summed E-state index contributed by atoms with van der Waals surface area (Å²) >= 11 is 0. The molecule has 1 saturated heterocycles. The Morgan fingerprint density at radius 1 is 1.26 bits per heavy atom. The Kier molecular flexibility index (Phi) is 4.89. The maximum Gasteiger partial charge on any atom is 0.247 e. The van der Waals surface area contributed by atoms with Crippen LogP contribution in [-0.2, 0) is 9.53 Å². The van der Waals surface area contributed by atoms with E-state index in [-0.39, 0.29) is 5.91 Å². The summed E-state index contributed by atoms with van der Waals surface area (Å²) in [6, 6.07) is 5.59. The van der Waals surface area contributed by atoms with Gasteiger partial charge < -0.3 is 10.1 Å². The minimum atomic E-state index is -0.734. The van der Waals surface area contributed by atoms with Crippen molar-refractivity contribution in [3.05, 3.63) is 54.2 Å². The molecule has 1 N–H and O–H groups in total. The van der Waals surface area contributed by atoms with Crippen LogP contribution in [0.2, 0.25) is 0 Å². The molecular weight excluding hydrogens is 299 g/mol. The largest absolute Gasteiger partial charge is 0.379 e. The molecule has 2 heterocycles. The van der Waals surface area contributed by atoms with E-state index < -0.39 is 11.9 Å². The van der Waals surface area contributed by atoms with Crippen LogP contribution in [-0.4, -0.2) is 47.1 Å². The second-order valence-corrected chi connectivity index (χ2v) is 5.15. The highest BCUT2D eigenvalue weighted by molar-refractivity contribution is 5.94. The average Bonchev–Trinajstić information content (AvgIpc) is 2.59. The van der Waals surface area contributed by atoms with Gasteiger partial charge in [0.05, 0.1) is 19.4 Å². The van der Waals surface area contributed by atoms with E-state index in [1.165, 1.54) is 24.7 Å². The van der Waals surface area contributed by atoms with Crippen LogP contribution in [0.4, 0.5) is 10.2 Å². The number of ether oxygens (including phenoxy) is 1. The smallest absolute Gasteiger partial charge is 0.247 e. The summed E-state index contributed by atoms with van der Waals surface area (Å²) < 4.78 is 19.6. The minimum absolute atomic E-state index is 0.336. The molecule has 0 saturated carbocycles. The van der Waals surface area contributed by atoms with Crippen LogP contribution in [0.25, 0.3) is 0 Å². The fourth-order valence-corrected chi connectivity index (χ4v) is 2.59. The predicted molar refractivity (Wildman–Crippen MR) is 82.2 cm³/mol. The first-order chi connectivity index (χ1) is 11.3. The molecular formula is C16H17FN4O2. The van der Waals surface area contributed by atoms with Crippen LogP contribution in [0.3, 0.4) is 0 Å². The number of benzene rings is 1. The molecule has 1 unspecified atom stereocenters. The lowest BCUT2D eigenvalue weighted by atomic mass is 10.0. The number of halogens is 1. The lowest BCUT2D eigenvalue weighted by Gasteiger charge is -2.33. The maximum atomic E-state index is 14.2. The molecule has 120 valence electrons. The number of hydrogen-bond acceptors (Lipinski definition) is 5. The van der Waals surface area contributed by atoms with E-state index in [0.717, 1.165) is 0 Å². The zero-order valence-corrected chi connectivity index (χ0v) is 12.5. The average molecular weight is 316 g/mol. The fraction of sp³-hybridized carbons (Fsp3) is 0.312. The van der Waals surface area contributed by atoms with E-state index in [1.807, 2.05) is 4.90 Å². The lowest BCUT2D eigenvalue weighted by molar-refractivity contribution is -0.123. The summed E-state index contributed by atoms with van der Waals surface area (Å²) in [4.78, 5) is 22.6. The third-order valence-electron chi connectivity index (χ3n) is 3.67. The van der Waals surface area contributed by atoms with Gasteiger partial charge in [-0.25, -0.2) is 9.37 Å². The zero-order chi connectivity index (χ0) is 16.1. The molecule has 1 fully saturated rings. The van der Waals surface area contributed by atoms with E-state index in [4.69, 9.17) is 4.74 Å². The molecule has 0 spiro atoms. The first-order valence-electron chi connectivity index (χ1n) is 7.39. The molecule has 1 aliphatic rings. The van der Waals surface area contributed by atoms with Gasteiger partial charge in [-0.3, -0.25) is 14.7 Å². The Hall–Kier alpha value is -2.38. The van der Waals surface area contributed by atoms with E-state index in [0.29, 0.717) is 37.7 Å². The van der Waals surface area contributed by atoms with Crippen molar-refractivity contribution in [1.82, 2.24) is 14.9 Å². The number of aromatic nitrogens is 2. The van der Waals surface area contributed by atoms with Gasteiger partial charge in [-0.05, 0) is 6.07 Å². The molecule has 7 heteroatoms. The minimum Gasteiger partial charge on any atom is -0.379 e. The SMILES string of the molecule is O=C(Nc1cnccn1)C(c1ccccc1F)N1CCOCC1. The molecule has 3 rings (SSSR count). The summed E-state index contributed by atoms with van der Waals surface area (Å²) in [6.45, 7) is 2.16. The summed E-state index contributed by atoms with van der Waals surface area (Å²) in [7, 11) is 0. The van der Waals surface area contributed by atoms with Gasteiger partial charge in [0.15, 0.2) is 5.82 Å². The number of rotatable bonds is 4. The number of carbonyl (C=O) groups is 1. The lowest BCUT2D eigenvalue weighted by Crippen LogP contribution is -2.44. The Morgan fingerprint density at radius 3 is 2.74 bits per heavy atom. The van der Waals surface area contributed by atoms with E-state index >= 15 is 0 Å². The molecule has 0 aliphatic carbocycles. The van der Waals surface area contributed by atoms with Crippen molar-refractivity contribution in [2.24, 2.45) is 0 Å². The topological polar surface area (TPSA) is 67.4 Å². The molecule has 0 bridgehead atoms. The number of morpholine rings is 1. The Balaban J connectivity index is 1.88. The normalized spacial score (nSPS) is 16.7. The van der Waals surface area contributed by atoms with Crippen molar-refractivity contribution >= 4 is 11.7 Å². The van der Waals surface area contributed by atoms with Crippen molar-refractivity contribution in [3.8, 4) is 0 Å². The molecule has 1 aromatic carbocycles. The van der Waals surface area contributed by atoms with Crippen LogP contribution >= 0.6 is 0 Å². The van der Waals surface area contributed by atoms with Gasteiger partial charge in [0, 0.05) is 31.0 Å². The Morgan fingerprint density at radius 2 is 2.04 bits per heavy atom. The van der Waals surface area contributed by atoms with Crippen molar-refractivity contribution < 1.29 is 13.9 Å². The number of amides is 1. The Labute approximate surface area is 133 Å². The molecule has 1 atom stereocenters. The standard InChI is InChI=1S/C16H17FN4O2/c17-13-4-2-1-3-12(13)15(21-7-9-23-10-8-21)16(22)20-14-11-18-5-6-19-14/h1-6,11,15H,7-10H2,(H,19,20,22). The van der Waals surface area contributed by atoms with Gasteiger partial charge in [-0.1, -0.05) is 18.2 Å². The van der Waals surface area contributed by atoms with Gasteiger partial charge in [-0.15, -0.1) is 0 Å². The quantitative estimate of drug-likeness (QED) is 0.928. The highest BCUT2D eigenvalue weighted by Crippen LogP contribution is 2.25. The van der Waals surface area contributed by atoms with Crippen LogP contribution in [0.15, 0.2) is 42.9 Å². The van der Waals surface area contributed by atoms with Crippen molar-refractivity contribution in [3.63, 3.8) is 0 Å². The third-order valence-corrected chi connectivity index (χ3v) is 3.67. The number of nitrogens with zero attached hydrogens (tertiary/aromatic N) is 3. The number of carbonyl (C=O) groups excluding carboxylic acids is 1. The Bertz CT molecular complexity index is 662. The van der Waals surface area contributed by atoms with Crippen LogP contribution in [0, 0.1) is 5.82 Å². The number of nitrogens with one attached hydrogen (secondary N) is 1. The second kappa shape index (κ2) is 7.26. The number of hydrogen-bond donors (Lipinski definition) is 1. The summed E-state index contributed by atoms with van der Waals surface area (Å²) in [5.74, 6) is -0.400. The van der Waals surface area contributed by atoms with Gasteiger partial charge >= 0.3 is 0 Å². The highest BCUT2D eigenvalue weighted by Gasteiger charge is 2.31. The van der Waals surface area contributed by atoms with Gasteiger partial charge in [0.2, 0.25) is 5.91 Å². The molecule has 0 radical (unpaired) electrons. The van der Waals surface area contributed by atoms with E-state index in [2.05, 4.69) is 15.3 Å². The fourth-order valence-electron chi connectivity index (χ4n) is 2.59. The first kappa shape index (κ1) is 15.5. The zero-order valence-electron chi connectivity index (χ0n) is 12.5. The number of anilines is 1. The molecule has 1 aromatic heterocycles. The molecule has 1 aliphatic heterocycles. The van der Waals surface area contributed by atoms with Crippen LogP contribution in [0.1, 0.15) is 11.6 Å². The predicted octanol–water partition coefficient (Wildman–Crippen LogP) is 1.63. The molecule has 23 heavy (non-hydrogen) atoms. The third kappa shape index (κ3) is 3.69.